The van der Waals surface area contributed by atoms with E-state index < -0.39 is 31.7 Å². The minimum absolute atomic E-state index is 0.118. The Morgan fingerprint density at radius 2 is 1.21 bits per heavy atom. The van der Waals surface area contributed by atoms with Crippen LogP contribution in [0.15, 0.2) is 24.3 Å². The summed E-state index contributed by atoms with van der Waals surface area (Å²) < 4.78 is 22.4. The van der Waals surface area contributed by atoms with Gasteiger partial charge in [0.05, 0.1) is 14.7 Å². The van der Waals surface area contributed by atoms with Crippen molar-refractivity contribution in [1.82, 2.24) is 0 Å². The van der Waals surface area contributed by atoms with E-state index in [0.717, 1.165) is 44.6 Å². The van der Waals surface area contributed by atoms with Crippen molar-refractivity contribution in [2.45, 2.75) is 103 Å². The van der Waals surface area contributed by atoms with Gasteiger partial charge >= 0.3 is 31.7 Å². The van der Waals surface area contributed by atoms with Gasteiger partial charge in [0.25, 0.3) is 0 Å². The van der Waals surface area contributed by atoms with Gasteiger partial charge in [-0.3, -0.25) is 0 Å². The molecular formula is C26H39IO6. The Morgan fingerprint density at radius 3 is 1.70 bits per heavy atom. The number of allylic oxidation sites excluding steroid dienone is 2. The predicted molar refractivity (Wildman–Crippen MR) is 138 cm³/mol. The van der Waals surface area contributed by atoms with Gasteiger partial charge < -0.3 is 10.2 Å². The molecule has 33 heavy (non-hydrogen) atoms. The summed E-state index contributed by atoms with van der Waals surface area (Å²) >= 11 is -4.11. The molecule has 0 bridgehead atoms. The van der Waals surface area contributed by atoms with Crippen molar-refractivity contribution >= 4 is 31.7 Å². The number of halogens is 1. The van der Waals surface area contributed by atoms with Crippen molar-refractivity contribution in [2.24, 2.45) is 0 Å². The van der Waals surface area contributed by atoms with E-state index in [-0.39, 0.29) is 14.7 Å². The van der Waals surface area contributed by atoms with E-state index in [1.54, 1.807) is 0 Å². The summed E-state index contributed by atoms with van der Waals surface area (Å²) in [7, 11) is 0. The van der Waals surface area contributed by atoms with E-state index in [9.17, 15) is 25.9 Å². The lowest BCUT2D eigenvalue weighted by Gasteiger charge is -2.09. The molecule has 0 saturated carbocycles. The van der Waals surface area contributed by atoms with Gasteiger partial charge in [-0.1, -0.05) is 76.9 Å². The van der Waals surface area contributed by atoms with Crippen LogP contribution in [0.1, 0.15) is 123 Å². The fourth-order valence-electron chi connectivity index (χ4n) is 3.88. The van der Waals surface area contributed by atoms with Crippen LogP contribution in [0.25, 0.3) is 0 Å². The molecule has 0 saturated heterocycles. The summed E-state index contributed by atoms with van der Waals surface area (Å²) in [4.78, 5) is 22.9. The Balaban J connectivity index is 2.27. The summed E-state index contributed by atoms with van der Waals surface area (Å²) in [6.07, 6.45) is 21.5. The Labute approximate surface area is 205 Å². The molecule has 0 spiro atoms. The quantitative estimate of drug-likeness (QED) is 0.0984. The second-order valence-corrected chi connectivity index (χ2v) is 10.9. The number of benzene rings is 1. The number of carbonyl (C=O) groups is 2. The highest BCUT2D eigenvalue weighted by Crippen LogP contribution is 2.27. The minimum Gasteiger partial charge on any atom is -0.478 e. The van der Waals surface area contributed by atoms with Crippen LogP contribution >= 0.6 is 19.8 Å². The number of unbranched alkanes of at least 4 members (excludes halogenated alkanes) is 12. The molecule has 0 radical (unpaired) electrons. The van der Waals surface area contributed by atoms with Crippen LogP contribution in [0.2, 0.25) is 0 Å². The molecule has 0 atom stereocenters. The number of aromatic carboxylic acids is 2. The van der Waals surface area contributed by atoms with E-state index in [2.05, 4.69) is 19.1 Å². The number of carboxylic acid groups (broad SMARTS) is 2. The molecule has 7 heteroatoms. The normalized spacial score (nSPS) is 11.5. The molecule has 0 aromatic heterocycles. The minimum atomic E-state index is -4.11. The van der Waals surface area contributed by atoms with Gasteiger partial charge in [0.1, 0.15) is 0 Å². The summed E-state index contributed by atoms with van der Waals surface area (Å²) in [5.41, 5.74) is -0.0636. The number of hydrogen-bond acceptors (Lipinski definition) is 4. The molecule has 1 aromatic carbocycles. The van der Waals surface area contributed by atoms with Crippen LogP contribution in [0.4, 0.5) is 0 Å². The molecule has 0 fully saturated rings. The molecule has 0 aliphatic carbocycles. The van der Waals surface area contributed by atoms with Gasteiger partial charge in [-0.05, 0) is 56.2 Å². The average molecular weight is 574 g/mol. The van der Waals surface area contributed by atoms with Crippen molar-refractivity contribution in [3.05, 3.63) is 44.5 Å². The zero-order valence-electron chi connectivity index (χ0n) is 19.8. The molecule has 6 nitrogen and oxygen atoms in total. The Morgan fingerprint density at radius 1 is 0.727 bits per heavy atom. The third-order valence-corrected chi connectivity index (χ3v) is 7.62. The Hall–Kier alpha value is -1.77. The highest BCUT2D eigenvalue weighted by atomic mass is 127. The zero-order valence-corrected chi connectivity index (χ0v) is 22.0. The number of aryl methyl sites for hydroxylation is 1. The van der Waals surface area contributed by atoms with Crippen LogP contribution in [-0.2, 0) is 12.6 Å². The second-order valence-electron chi connectivity index (χ2n) is 8.50. The maximum atomic E-state index is 11.5. The van der Waals surface area contributed by atoms with Crippen molar-refractivity contribution in [3.63, 3.8) is 0 Å². The first-order chi connectivity index (χ1) is 15.9. The fourth-order valence-corrected chi connectivity index (χ4v) is 5.31. The van der Waals surface area contributed by atoms with Crippen LogP contribution < -0.4 is 0 Å². The molecule has 1 aromatic rings. The van der Waals surface area contributed by atoms with Crippen LogP contribution in [-0.4, -0.2) is 22.2 Å². The van der Waals surface area contributed by atoms with Crippen molar-refractivity contribution in [2.75, 3.05) is 0 Å². The molecule has 0 heterocycles. The molecule has 0 unspecified atom stereocenters. The monoisotopic (exact) mass is 574 g/mol. The fraction of sp³-hybridized carbons (Fsp3) is 0.615. The molecule has 0 aliphatic rings. The SMILES string of the molecule is CCCCCCCCCC/C=C/CCCCCCc1cc(C(=O)O)c(I(=O)=O)cc1C(=O)O. The third kappa shape index (κ3) is 12.3. The van der Waals surface area contributed by atoms with Gasteiger partial charge in [-0.2, -0.15) is 0 Å². The van der Waals surface area contributed by atoms with Gasteiger partial charge in [0.15, 0.2) is 0 Å². The van der Waals surface area contributed by atoms with Crippen molar-refractivity contribution in [3.8, 4) is 0 Å². The lowest BCUT2D eigenvalue weighted by molar-refractivity contribution is 0.0679. The van der Waals surface area contributed by atoms with Gasteiger partial charge in [0, 0.05) is 0 Å². The lowest BCUT2D eigenvalue weighted by atomic mass is 9.98. The smallest absolute Gasteiger partial charge is 0.341 e. The zero-order chi connectivity index (χ0) is 24.5. The van der Waals surface area contributed by atoms with Crippen LogP contribution in [0.5, 0.6) is 0 Å². The van der Waals surface area contributed by atoms with E-state index >= 15 is 0 Å². The van der Waals surface area contributed by atoms with Crippen molar-refractivity contribution in [1.29, 1.82) is 0 Å². The molecule has 186 valence electrons. The van der Waals surface area contributed by atoms with Gasteiger partial charge in [0.2, 0.25) is 0 Å². The summed E-state index contributed by atoms with van der Waals surface area (Å²) in [5.74, 6) is -2.58. The predicted octanol–water partition coefficient (Wildman–Crippen LogP) is 8.03. The second kappa shape index (κ2) is 17.7. The first kappa shape index (κ1) is 29.3. The topological polar surface area (TPSA) is 109 Å². The molecule has 0 amide bonds. The van der Waals surface area contributed by atoms with Crippen molar-refractivity contribution < 1.29 is 25.9 Å². The summed E-state index contributed by atoms with van der Waals surface area (Å²) in [6.45, 7) is 2.24. The maximum Gasteiger partial charge on any atom is 0.341 e. The summed E-state index contributed by atoms with van der Waals surface area (Å²) in [5, 5.41) is 18.7. The van der Waals surface area contributed by atoms with Gasteiger partial charge in [-0.15, -0.1) is 0 Å². The van der Waals surface area contributed by atoms with Crippen LogP contribution in [0, 0.1) is 3.57 Å². The van der Waals surface area contributed by atoms with E-state index in [1.165, 1.54) is 57.4 Å². The third-order valence-electron chi connectivity index (χ3n) is 5.78. The first-order valence-electron chi connectivity index (χ1n) is 12.2. The molecule has 0 aliphatic heterocycles. The lowest BCUT2D eigenvalue weighted by Crippen LogP contribution is -2.09. The largest absolute Gasteiger partial charge is 0.478 e. The number of rotatable bonds is 19. The molecular weight excluding hydrogens is 535 g/mol. The molecule has 1 rings (SSSR count). The van der Waals surface area contributed by atoms with Crippen LogP contribution in [0.3, 0.4) is 0 Å². The average Bonchev–Trinajstić information content (AvgIpc) is 2.77. The summed E-state index contributed by atoms with van der Waals surface area (Å²) in [6, 6.07) is 2.22. The van der Waals surface area contributed by atoms with E-state index in [4.69, 9.17) is 0 Å². The van der Waals surface area contributed by atoms with Gasteiger partial charge in [-0.25, -0.2) is 15.7 Å². The van der Waals surface area contributed by atoms with E-state index in [0.29, 0.717) is 12.0 Å². The highest BCUT2D eigenvalue weighted by Gasteiger charge is 2.21. The maximum absolute atomic E-state index is 11.5. The number of hydrogen-bond donors (Lipinski definition) is 2. The highest BCUT2D eigenvalue weighted by molar-refractivity contribution is 14.2. The standard InChI is InChI=1S/C26H39IO6/c1-2-3-4-5-6-7-8-9-10-11-12-13-14-15-16-17-18-21-19-23(26(30)31)24(27(32)33)20-22(21)25(28)29/h11-12,19-20H,2-10,13-18H2,1H3,(H,28,29)(H,30,31)/b12-11+. The Bertz CT molecular complexity index is 833. The van der Waals surface area contributed by atoms with E-state index in [1.807, 2.05) is 0 Å². The molecule has 2 N–H and O–H groups in total. The number of carboxylic acids is 2. The Kier molecular flexibility index (Phi) is 15.7. The first-order valence-corrected chi connectivity index (χ1v) is 15.1.